The standard InChI is InChI=1S/C20H21N5O2S/c1-20(26,14-8-24-25(2)9-14)11-21-18-17-16(10-28-19(17)23-12-22-18)13-4-6-15(27-3)7-5-13/h4-10,12,26H,11H2,1-3H3,(H,21,22,23)/t20-/m1/s1. The third-order valence-corrected chi connectivity index (χ3v) is 5.58. The van der Waals surface area contributed by atoms with Gasteiger partial charge >= 0.3 is 0 Å². The first-order valence-corrected chi connectivity index (χ1v) is 9.68. The summed E-state index contributed by atoms with van der Waals surface area (Å²) in [6.45, 7) is 2.05. The van der Waals surface area contributed by atoms with E-state index < -0.39 is 5.60 Å². The van der Waals surface area contributed by atoms with Crippen molar-refractivity contribution in [1.29, 1.82) is 0 Å². The molecule has 144 valence electrons. The molecule has 0 amide bonds. The number of hydrogen-bond acceptors (Lipinski definition) is 7. The molecule has 0 saturated carbocycles. The van der Waals surface area contributed by atoms with Crippen molar-refractivity contribution < 1.29 is 9.84 Å². The van der Waals surface area contributed by atoms with Crippen LogP contribution in [0.5, 0.6) is 5.75 Å². The molecule has 0 bridgehead atoms. The van der Waals surface area contributed by atoms with Crippen molar-refractivity contribution in [2.75, 3.05) is 19.0 Å². The van der Waals surface area contributed by atoms with Crippen molar-refractivity contribution in [3.63, 3.8) is 0 Å². The van der Waals surface area contributed by atoms with Crippen LogP contribution in [0.2, 0.25) is 0 Å². The average Bonchev–Trinajstić information content (AvgIpc) is 3.33. The Morgan fingerprint density at radius 1 is 1.25 bits per heavy atom. The van der Waals surface area contributed by atoms with Crippen LogP contribution in [0, 0.1) is 0 Å². The highest BCUT2D eigenvalue weighted by Crippen LogP contribution is 2.37. The number of benzene rings is 1. The molecule has 28 heavy (non-hydrogen) atoms. The monoisotopic (exact) mass is 395 g/mol. The minimum Gasteiger partial charge on any atom is -0.497 e. The van der Waals surface area contributed by atoms with Gasteiger partial charge in [0.1, 0.15) is 28.3 Å². The van der Waals surface area contributed by atoms with Gasteiger partial charge in [-0.3, -0.25) is 4.68 Å². The smallest absolute Gasteiger partial charge is 0.138 e. The molecule has 1 atom stereocenters. The fraction of sp³-hybridized carbons (Fsp3) is 0.250. The summed E-state index contributed by atoms with van der Waals surface area (Å²) in [5, 5.41) is 21.3. The maximum atomic E-state index is 10.9. The van der Waals surface area contributed by atoms with E-state index in [-0.39, 0.29) is 0 Å². The number of anilines is 1. The molecule has 0 spiro atoms. The molecule has 0 aliphatic carbocycles. The summed E-state index contributed by atoms with van der Waals surface area (Å²) in [6.07, 6.45) is 5.02. The van der Waals surface area contributed by atoms with E-state index in [1.807, 2.05) is 37.5 Å². The lowest BCUT2D eigenvalue weighted by Crippen LogP contribution is -2.30. The zero-order valence-corrected chi connectivity index (χ0v) is 16.7. The highest BCUT2D eigenvalue weighted by molar-refractivity contribution is 7.17. The summed E-state index contributed by atoms with van der Waals surface area (Å²) >= 11 is 1.57. The predicted octanol–water partition coefficient (Wildman–Crippen LogP) is 3.42. The van der Waals surface area contributed by atoms with Gasteiger partial charge in [-0.15, -0.1) is 11.3 Å². The molecule has 0 saturated heterocycles. The third-order valence-electron chi connectivity index (χ3n) is 4.70. The molecule has 0 aliphatic heterocycles. The van der Waals surface area contributed by atoms with Gasteiger partial charge in [0.15, 0.2) is 0 Å². The number of aryl methyl sites for hydroxylation is 1. The molecule has 2 N–H and O–H groups in total. The van der Waals surface area contributed by atoms with Crippen LogP contribution in [0.4, 0.5) is 5.82 Å². The fourth-order valence-corrected chi connectivity index (χ4v) is 3.97. The fourth-order valence-electron chi connectivity index (χ4n) is 3.05. The molecule has 4 rings (SSSR count). The Labute approximate surface area is 166 Å². The van der Waals surface area contributed by atoms with Gasteiger partial charge in [-0.05, 0) is 24.6 Å². The molecular formula is C20H21N5O2S. The Kier molecular flexibility index (Phi) is 4.74. The molecule has 0 aliphatic rings. The molecule has 0 unspecified atom stereocenters. The number of nitrogens with zero attached hydrogens (tertiary/aromatic N) is 4. The Balaban J connectivity index is 1.66. The van der Waals surface area contributed by atoms with Crippen molar-refractivity contribution in [3.8, 4) is 16.9 Å². The highest BCUT2D eigenvalue weighted by Gasteiger charge is 2.25. The lowest BCUT2D eigenvalue weighted by atomic mass is 9.99. The molecule has 3 aromatic heterocycles. The van der Waals surface area contributed by atoms with E-state index in [0.717, 1.165) is 32.7 Å². The zero-order chi connectivity index (χ0) is 19.7. The summed E-state index contributed by atoms with van der Waals surface area (Å²) in [4.78, 5) is 9.72. The Hall–Kier alpha value is -2.97. The van der Waals surface area contributed by atoms with Gasteiger partial charge in [0.25, 0.3) is 0 Å². The number of aromatic nitrogens is 4. The lowest BCUT2D eigenvalue weighted by molar-refractivity contribution is 0.0714. The Morgan fingerprint density at radius 2 is 2.04 bits per heavy atom. The van der Waals surface area contributed by atoms with Crippen LogP contribution in [0.25, 0.3) is 21.3 Å². The topological polar surface area (TPSA) is 85.1 Å². The minimum atomic E-state index is -1.08. The second kappa shape index (κ2) is 7.21. The number of nitrogens with one attached hydrogen (secondary N) is 1. The number of hydrogen-bond donors (Lipinski definition) is 2. The largest absolute Gasteiger partial charge is 0.497 e. The van der Waals surface area contributed by atoms with Crippen LogP contribution in [0.1, 0.15) is 12.5 Å². The van der Waals surface area contributed by atoms with E-state index in [1.54, 1.807) is 36.2 Å². The number of methoxy groups -OCH3 is 1. The molecular weight excluding hydrogens is 374 g/mol. The summed E-state index contributed by atoms with van der Waals surface area (Å²) in [5.74, 6) is 1.51. The number of aliphatic hydroxyl groups is 1. The van der Waals surface area contributed by atoms with Crippen molar-refractivity contribution >= 4 is 27.4 Å². The van der Waals surface area contributed by atoms with Crippen LogP contribution >= 0.6 is 11.3 Å². The maximum absolute atomic E-state index is 10.9. The van der Waals surface area contributed by atoms with Crippen molar-refractivity contribution in [2.24, 2.45) is 7.05 Å². The second-order valence-corrected chi connectivity index (χ2v) is 7.67. The van der Waals surface area contributed by atoms with Gasteiger partial charge in [-0.25, -0.2) is 9.97 Å². The highest BCUT2D eigenvalue weighted by atomic mass is 32.1. The predicted molar refractivity (Wildman–Crippen MR) is 111 cm³/mol. The van der Waals surface area contributed by atoms with Gasteiger partial charge in [-0.1, -0.05) is 12.1 Å². The van der Waals surface area contributed by atoms with E-state index >= 15 is 0 Å². The number of rotatable bonds is 6. The first kappa shape index (κ1) is 18.4. The number of fused-ring (bicyclic) bond motifs is 1. The molecule has 8 heteroatoms. The number of thiophene rings is 1. The quantitative estimate of drug-likeness (QED) is 0.520. The molecule has 1 aromatic carbocycles. The zero-order valence-electron chi connectivity index (χ0n) is 15.9. The van der Waals surface area contributed by atoms with Crippen molar-refractivity contribution in [3.05, 3.63) is 53.9 Å². The first-order chi connectivity index (χ1) is 13.5. The van der Waals surface area contributed by atoms with Gasteiger partial charge in [0, 0.05) is 36.3 Å². The normalized spacial score (nSPS) is 13.4. The summed E-state index contributed by atoms with van der Waals surface area (Å²) in [7, 11) is 3.48. The molecule has 7 nitrogen and oxygen atoms in total. The molecule has 3 heterocycles. The molecule has 0 fully saturated rings. The minimum absolute atomic E-state index is 0.294. The van der Waals surface area contributed by atoms with Crippen LogP contribution < -0.4 is 10.1 Å². The summed E-state index contributed by atoms with van der Waals surface area (Å²) in [5.41, 5.74) is 1.77. The Morgan fingerprint density at radius 3 is 2.71 bits per heavy atom. The summed E-state index contributed by atoms with van der Waals surface area (Å²) in [6, 6.07) is 7.90. The SMILES string of the molecule is COc1ccc(-c2csc3ncnc(NC[C@@](C)(O)c4cnn(C)c4)c23)cc1. The van der Waals surface area contributed by atoms with E-state index in [0.29, 0.717) is 12.4 Å². The van der Waals surface area contributed by atoms with Crippen molar-refractivity contribution in [2.45, 2.75) is 12.5 Å². The van der Waals surface area contributed by atoms with Gasteiger partial charge in [0.05, 0.1) is 18.7 Å². The summed E-state index contributed by atoms with van der Waals surface area (Å²) < 4.78 is 6.92. The lowest BCUT2D eigenvalue weighted by Gasteiger charge is -2.23. The van der Waals surface area contributed by atoms with E-state index in [2.05, 4.69) is 25.8 Å². The van der Waals surface area contributed by atoms with E-state index in [4.69, 9.17) is 4.74 Å². The van der Waals surface area contributed by atoms with Crippen molar-refractivity contribution in [1.82, 2.24) is 19.7 Å². The van der Waals surface area contributed by atoms with Crippen LogP contribution in [0.15, 0.2) is 48.4 Å². The molecule has 0 radical (unpaired) electrons. The van der Waals surface area contributed by atoms with E-state index in [9.17, 15) is 5.11 Å². The number of ether oxygens (including phenoxy) is 1. The van der Waals surface area contributed by atoms with Gasteiger partial charge in [-0.2, -0.15) is 5.10 Å². The third kappa shape index (κ3) is 3.44. The van der Waals surface area contributed by atoms with Crippen LogP contribution in [0.3, 0.4) is 0 Å². The first-order valence-electron chi connectivity index (χ1n) is 8.80. The van der Waals surface area contributed by atoms with Crippen LogP contribution in [-0.4, -0.2) is 38.5 Å². The van der Waals surface area contributed by atoms with Gasteiger partial charge in [0.2, 0.25) is 0 Å². The second-order valence-electron chi connectivity index (χ2n) is 6.81. The van der Waals surface area contributed by atoms with Gasteiger partial charge < -0.3 is 15.2 Å². The van der Waals surface area contributed by atoms with Crippen LogP contribution in [-0.2, 0) is 12.6 Å². The Bertz CT molecular complexity index is 1100. The van der Waals surface area contributed by atoms with E-state index in [1.165, 1.54) is 6.33 Å². The maximum Gasteiger partial charge on any atom is 0.138 e. The molecule has 4 aromatic rings. The average molecular weight is 395 g/mol.